The Morgan fingerprint density at radius 1 is 1.60 bits per heavy atom. The number of aromatic hydroxyl groups is 1. The zero-order valence-corrected chi connectivity index (χ0v) is 8.34. The maximum atomic E-state index is 11.3. The first kappa shape index (κ1) is 11.0. The summed E-state index contributed by atoms with van der Waals surface area (Å²) in [4.78, 5) is 25.0. The van der Waals surface area contributed by atoms with Crippen LogP contribution in [0.1, 0.15) is 11.3 Å². The molecule has 0 aliphatic carbocycles. The van der Waals surface area contributed by atoms with Crippen molar-refractivity contribution in [3.8, 4) is 5.75 Å². The Morgan fingerprint density at radius 3 is 2.73 bits per heavy atom. The van der Waals surface area contributed by atoms with Crippen molar-refractivity contribution in [2.75, 3.05) is 7.05 Å². The van der Waals surface area contributed by atoms with Gasteiger partial charge in [0.2, 0.25) is 5.43 Å². The molecule has 6 nitrogen and oxygen atoms in total. The number of aromatic nitrogens is 1. The van der Waals surface area contributed by atoms with Crippen molar-refractivity contribution in [3.63, 3.8) is 0 Å². The van der Waals surface area contributed by atoms with Crippen molar-refractivity contribution in [2.45, 2.75) is 6.92 Å². The zero-order chi connectivity index (χ0) is 11.6. The van der Waals surface area contributed by atoms with Crippen molar-refractivity contribution >= 4 is 11.6 Å². The molecule has 15 heavy (non-hydrogen) atoms. The van der Waals surface area contributed by atoms with Crippen LogP contribution in [0.25, 0.3) is 0 Å². The van der Waals surface area contributed by atoms with Crippen molar-refractivity contribution in [1.29, 1.82) is 5.41 Å². The molecule has 1 heterocycles. The Kier molecular flexibility index (Phi) is 2.89. The number of H-pyrrole nitrogens is 1. The Morgan fingerprint density at radius 2 is 2.20 bits per heavy atom. The number of amides is 1. The predicted octanol–water partition coefficient (Wildman–Crippen LogP) is -0.497. The minimum Gasteiger partial charge on any atom is -0.503 e. The molecule has 0 aliphatic rings. The van der Waals surface area contributed by atoms with Crippen molar-refractivity contribution in [2.24, 2.45) is 0 Å². The van der Waals surface area contributed by atoms with E-state index < -0.39 is 17.1 Å². The van der Waals surface area contributed by atoms with Crippen molar-refractivity contribution in [3.05, 3.63) is 27.7 Å². The van der Waals surface area contributed by atoms with Gasteiger partial charge < -0.3 is 15.4 Å². The lowest BCUT2D eigenvalue weighted by atomic mass is 10.1. The number of likely N-dealkylation sites (N-methyl/N-ethyl adjacent to an activating group) is 1. The fraction of sp³-hybridized carbons (Fsp3) is 0.222. The Bertz CT molecular complexity index is 476. The van der Waals surface area contributed by atoms with Crippen LogP contribution in [0.2, 0.25) is 0 Å². The maximum Gasteiger partial charge on any atom is 0.271 e. The molecular formula is C9H11N3O3. The van der Waals surface area contributed by atoms with E-state index in [1.54, 1.807) is 0 Å². The lowest BCUT2D eigenvalue weighted by Crippen LogP contribution is -2.30. The molecule has 0 fully saturated rings. The highest BCUT2D eigenvalue weighted by Gasteiger charge is 2.15. The second-order valence-corrected chi connectivity index (χ2v) is 2.96. The summed E-state index contributed by atoms with van der Waals surface area (Å²) < 4.78 is 0. The van der Waals surface area contributed by atoms with Crippen LogP contribution in [-0.2, 0) is 4.79 Å². The highest BCUT2D eigenvalue weighted by molar-refractivity contribution is 6.43. The summed E-state index contributed by atoms with van der Waals surface area (Å²) >= 11 is 0. The Balaban J connectivity index is 3.29. The lowest BCUT2D eigenvalue weighted by molar-refractivity contribution is -0.114. The number of hydrogen-bond acceptors (Lipinski definition) is 4. The first-order chi connectivity index (χ1) is 6.99. The number of hydrogen-bond donors (Lipinski definition) is 4. The molecule has 1 amide bonds. The highest BCUT2D eigenvalue weighted by atomic mass is 16.3. The molecule has 0 radical (unpaired) electrons. The van der Waals surface area contributed by atoms with E-state index in [2.05, 4.69) is 10.3 Å². The number of carbonyl (C=O) groups excluding carboxylic acids is 1. The fourth-order valence-electron chi connectivity index (χ4n) is 1.12. The largest absolute Gasteiger partial charge is 0.503 e. The van der Waals surface area contributed by atoms with Gasteiger partial charge in [0.05, 0.1) is 5.69 Å². The summed E-state index contributed by atoms with van der Waals surface area (Å²) in [6.07, 6.45) is 1.06. The number of rotatable bonds is 2. The average Bonchev–Trinajstić information content (AvgIpc) is 2.24. The monoisotopic (exact) mass is 209 g/mol. The van der Waals surface area contributed by atoms with Crippen LogP contribution in [0.5, 0.6) is 5.75 Å². The first-order valence-corrected chi connectivity index (χ1v) is 4.21. The SMILES string of the molecule is CNC(=O)C(=N)c1[nH]cc(O)c(=O)c1C. The van der Waals surface area contributed by atoms with E-state index in [0.717, 1.165) is 6.20 Å². The van der Waals surface area contributed by atoms with Gasteiger partial charge in [-0.2, -0.15) is 0 Å². The summed E-state index contributed by atoms with van der Waals surface area (Å²) in [5.74, 6) is -1.03. The van der Waals surface area contributed by atoms with E-state index in [1.165, 1.54) is 14.0 Å². The van der Waals surface area contributed by atoms with Gasteiger partial charge in [-0.25, -0.2) is 0 Å². The topological polar surface area (TPSA) is 106 Å². The van der Waals surface area contributed by atoms with E-state index in [0.29, 0.717) is 0 Å². The van der Waals surface area contributed by atoms with Gasteiger partial charge in [-0.3, -0.25) is 15.0 Å². The van der Waals surface area contributed by atoms with Gasteiger partial charge in [0, 0.05) is 18.8 Å². The molecule has 80 valence electrons. The van der Waals surface area contributed by atoms with E-state index in [4.69, 9.17) is 10.5 Å². The minimum absolute atomic E-state index is 0.108. The van der Waals surface area contributed by atoms with Crippen LogP contribution in [0, 0.1) is 12.3 Å². The molecular weight excluding hydrogens is 198 g/mol. The molecule has 1 aromatic heterocycles. The average molecular weight is 209 g/mol. The summed E-state index contributed by atoms with van der Waals surface area (Å²) in [6.45, 7) is 1.44. The second-order valence-electron chi connectivity index (χ2n) is 2.96. The molecule has 0 bridgehead atoms. The Labute approximate surface area is 85.5 Å². The van der Waals surface area contributed by atoms with E-state index in [1.807, 2.05) is 0 Å². The molecule has 0 aliphatic heterocycles. The fourth-order valence-corrected chi connectivity index (χ4v) is 1.12. The molecule has 1 aromatic rings. The molecule has 6 heteroatoms. The minimum atomic E-state index is -0.598. The summed E-state index contributed by atoms with van der Waals surface area (Å²) in [5, 5.41) is 18.8. The van der Waals surface area contributed by atoms with Gasteiger partial charge in [0.25, 0.3) is 5.91 Å². The Hall–Kier alpha value is -2.11. The highest BCUT2D eigenvalue weighted by Crippen LogP contribution is 2.05. The van der Waals surface area contributed by atoms with Crippen LogP contribution in [-0.4, -0.2) is 28.8 Å². The third kappa shape index (κ3) is 1.88. The third-order valence-electron chi connectivity index (χ3n) is 2.01. The van der Waals surface area contributed by atoms with Gasteiger partial charge in [-0.1, -0.05) is 0 Å². The van der Waals surface area contributed by atoms with E-state index in [-0.39, 0.29) is 17.0 Å². The van der Waals surface area contributed by atoms with Gasteiger partial charge >= 0.3 is 0 Å². The number of pyridine rings is 1. The maximum absolute atomic E-state index is 11.3. The number of aromatic amines is 1. The standard InChI is InChI=1S/C9H11N3O3/c1-4-7(6(10)9(15)11-2)12-3-5(13)8(4)14/h3,10,13H,1-2H3,(H,11,15)(H,12,14). The number of nitrogens with one attached hydrogen (secondary N) is 3. The van der Waals surface area contributed by atoms with Gasteiger partial charge in [0.1, 0.15) is 5.71 Å². The van der Waals surface area contributed by atoms with Crippen LogP contribution in [0.15, 0.2) is 11.0 Å². The normalized spacial score (nSPS) is 9.73. The third-order valence-corrected chi connectivity index (χ3v) is 2.01. The molecule has 0 saturated carbocycles. The van der Waals surface area contributed by atoms with E-state index >= 15 is 0 Å². The van der Waals surface area contributed by atoms with Crippen LogP contribution < -0.4 is 10.7 Å². The summed E-state index contributed by atoms with van der Waals surface area (Å²) in [7, 11) is 1.39. The van der Waals surface area contributed by atoms with Crippen molar-refractivity contribution < 1.29 is 9.90 Å². The van der Waals surface area contributed by atoms with Gasteiger partial charge in [-0.05, 0) is 6.92 Å². The molecule has 1 rings (SSSR count). The zero-order valence-electron chi connectivity index (χ0n) is 8.34. The van der Waals surface area contributed by atoms with E-state index in [9.17, 15) is 9.59 Å². The lowest BCUT2D eigenvalue weighted by Gasteiger charge is -2.05. The molecule has 0 aromatic carbocycles. The first-order valence-electron chi connectivity index (χ1n) is 4.21. The smallest absolute Gasteiger partial charge is 0.271 e. The van der Waals surface area contributed by atoms with Gasteiger partial charge in [-0.15, -0.1) is 0 Å². The summed E-state index contributed by atoms with van der Waals surface area (Å²) in [6, 6.07) is 0. The van der Waals surface area contributed by atoms with Crippen molar-refractivity contribution in [1.82, 2.24) is 10.3 Å². The van der Waals surface area contributed by atoms with Gasteiger partial charge in [0.15, 0.2) is 5.75 Å². The van der Waals surface area contributed by atoms with Crippen LogP contribution in [0.4, 0.5) is 0 Å². The second kappa shape index (κ2) is 3.95. The molecule has 4 N–H and O–H groups in total. The summed E-state index contributed by atoms with van der Waals surface area (Å²) in [5.41, 5.74) is -0.676. The predicted molar refractivity (Wildman–Crippen MR) is 54.4 cm³/mol. The molecule has 0 atom stereocenters. The molecule has 0 saturated heterocycles. The van der Waals surface area contributed by atoms with Crippen LogP contribution >= 0.6 is 0 Å². The quantitative estimate of drug-likeness (QED) is 0.493. The number of carbonyl (C=O) groups is 1. The molecule has 0 spiro atoms. The van der Waals surface area contributed by atoms with Crippen LogP contribution in [0.3, 0.4) is 0 Å². The molecule has 0 unspecified atom stereocenters.